The van der Waals surface area contributed by atoms with Gasteiger partial charge in [-0.05, 0) is 37.5 Å². The van der Waals surface area contributed by atoms with Crippen LogP contribution in [0.4, 0.5) is 11.4 Å². The van der Waals surface area contributed by atoms with E-state index in [1.54, 1.807) is 0 Å². The fraction of sp³-hybridized carbons (Fsp3) is 0.417. The highest BCUT2D eigenvalue weighted by atomic mass is 16.2. The summed E-state index contributed by atoms with van der Waals surface area (Å²) in [4.78, 5) is 11.6. The molecule has 0 aromatic heterocycles. The first-order chi connectivity index (χ1) is 7.68. The largest absolute Gasteiger partial charge is 0.398 e. The van der Waals surface area contributed by atoms with Gasteiger partial charge in [-0.1, -0.05) is 6.07 Å². The third-order valence-corrected chi connectivity index (χ3v) is 2.99. The molecule has 1 heterocycles. The van der Waals surface area contributed by atoms with Crippen molar-refractivity contribution in [1.29, 1.82) is 0 Å². The van der Waals surface area contributed by atoms with E-state index in [0.29, 0.717) is 0 Å². The smallest absolute Gasteiger partial charge is 0.242 e. The van der Waals surface area contributed by atoms with Crippen LogP contribution < -0.4 is 16.4 Å². The number of nitrogens with one attached hydrogen (secondary N) is 2. The second-order valence-electron chi connectivity index (χ2n) is 4.15. The first-order valence-electron chi connectivity index (χ1n) is 5.58. The van der Waals surface area contributed by atoms with Gasteiger partial charge in [-0.2, -0.15) is 0 Å². The number of nitrogens with two attached hydrogens (primary N) is 1. The van der Waals surface area contributed by atoms with Crippen LogP contribution >= 0.6 is 0 Å². The van der Waals surface area contributed by atoms with Gasteiger partial charge in [0, 0.05) is 17.9 Å². The van der Waals surface area contributed by atoms with Crippen LogP contribution in [0.5, 0.6) is 0 Å². The highest BCUT2D eigenvalue weighted by molar-refractivity contribution is 5.85. The summed E-state index contributed by atoms with van der Waals surface area (Å²) in [6, 6.07) is 5.58. The summed E-state index contributed by atoms with van der Waals surface area (Å²) < 4.78 is 0. The van der Waals surface area contributed by atoms with Crippen molar-refractivity contribution in [2.24, 2.45) is 0 Å². The van der Waals surface area contributed by atoms with Gasteiger partial charge >= 0.3 is 0 Å². The Morgan fingerprint density at radius 1 is 1.50 bits per heavy atom. The quantitative estimate of drug-likeness (QED) is 0.656. The minimum absolute atomic E-state index is 0.0769. The number of benzene rings is 1. The molecule has 2 rings (SSSR count). The van der Waals surface area contributed by atoms with Crippen molar-refractivity contribution in [3.8, 4) is 0 Å². The van der Waals surface area contributed by atoms with E-state index in [1.807, 2.05) is 25.1 Å². The maximum Gasteiger partial charge on any atom is 0.242 e. The molecule has 0 radical (unpaired) electrons. The second kappa shape index (κ2) is 4.43. The summed E-state index contributed by atoms with van der Waals surface area (Å²) >= 11 is 0. The van der Waals surface area contributed by atoms with E-state index >= 15 is 0 Å². The second-order valence-corrected chi connectivity index (χ2v) is 4.15. The number of amides is 1. The zero-order valence-electron chi connectivity index (χ0n) is 9.42. The number of hydrogen-bond donors (Lipinski definition) is 3. The van der Waals surface area contributed by atoms with E-state index in [-0.39, 0.29) is 11.9 Å². The number of nitrogen functional groups attached to an aromatic ring is 1. The molecule has 1 saturated heterocycles. The lowest BCUT2D eigenvalue weighted by molar-refractivity contribution is -0.123. The van der Waals surface area contributed by atoms with Crippen LogP contribution in [-0.4, -0.2) is 18.5 Å². The summed E-state index contributed by atoms with van der Waals surface area (Å²) in [5, 5.41) is 6.10. The Hall–Kier alpha value is -1.71. The van der Waals surface area contributed by atoms with E-state index in [2.05, 4.69) is 10.6 Å². The minimum atomic E-state index is -0.130. The molecule has 1 aromatic rings. The molecule has 4 heteroatoms. The molecule has 1 amide bonds. The van der Waals surface area contributed by atoms with Crippen LogP contribution in [-0.2, 0) is 4.79 Å². The Labute approximate surface area is 95.2 Å². The van der Waals surface area contributed by atoms with Crippen LogP contribution in [0.1, 0.15) is 18.4 Å². The highest BCUT2D eigenvalue weighted by Crippen LogP contribution is 2.22. The Morgan fingerprint density at radius 3 is 3.06 bits per heavy atom. The van der Waals surface area contributed by atoms with Gasteiger partial charge in [-0.3, -0.25) is 4.79 Å². The number of carbonyl (C=O) groups excluding carboxylic acids is 1. The number of anilines is 2. The van der Waals surface area contributed by atoms with Crippen molar-refractivity contribution in [1.82, 2.24) is 5.32 Å². The SMILES string of the molecule is Cc1c(N)cccc1NC1CCCNC1=O. The van der Waals surface area contributed by atoms with Crippen molar-refractivity contribution in [2.75, 3.05) is 17.6 Å². The summed E-state index contributed by atoms with van der Waals surface area (Å²) in [5.41, 5.74) is 8.52. The van der Waals surface area contributed by atoms with Gasteiger partial charge in [0.15, 0.2) is 0 Å². The van der Waals surface area contributed by atoms with E-state index in [0.717, 1.165) is 36.3 Å². The minimum Gasteiger partial charge on any atom is -0.398 e. The molecule has 0 spiro atoms. The molecule has 0 aliphatic carbocycles. The zero-order valence-corrected chi connectivity index (χ0v) is 9.42. The van der Waals surface area contributed by atoms with Gasteiger partial charge < -0.3 is 16.4 Å². The lowest BCUT2D eigenvalue weighted by atomic mass is 10.1. The van der Waals surface area contributed by atoms with Gasteiger partial charge in [-0.25, -0.2) is 0 Å². The molecule has 0 bridgehead atoms. The topological polar surface area (TPSA) is 67.2 Å². The molecule has 1 aromatic carbocycles. The first kappa shape index (κ1) is 10.8. The number of carbonyl (C=O) groups is 1. The van der Waals surface area contributed by atoms with Crippen LogP contribution in [0.25, 0.3) is 0 Å². The van der Waals surface area contributed by atoms with Crippen LogP contribution in [0.3, 0.4) is 0 Å². The maximum atomic E-state index is 11.6. The van der Waals surface area contributed by atoms with Crippen molar-refractivity contribution in [3.05, 3.63) is 23.8 Å². The van der Waals surface area contributed by atoms with Crippen molar-refractivity contribution >= 4 is 17.3 Å². The van der Waals surface area contributed by atoms with Crippen molar-refractivity contribution in [3.63, 3.8) is 0 Å². The molecule has 16 heavy (non-hydrogen) atoms. The van der Waals surface area contributed by atoms with E-state index < -0.39 is 0 Å². The van der Waals surface area contributed by atoms with Crippen molar-refractivity contribution in [2.45, 2.75) is 25.8 Å². The molecular weight excluding hydrogens is 202 g/mol. The predicted octanol–water partition coefficient (Wildman–Crippen LogP) is 1.27. The average Bonchev–Trinajstić information content (AvgIpc) is 2.28. The first-order valence-corrected chi connectivity index (χ1v) is 5.58. The van der Waals surface area contributed by atoms with Gasteiger partial charge in [0.2, 0.25) is 5.91 Å². The Morgan fingerprint density at radius 2 is 2.31 bits per heavy atom. The lowest BCUT2D eigenvalue weighted by Crippen LogP contribution is -2.44. The summed E-state index contributed by atoms with van der Waals surface area (Å²) in [7, 11) is 0. The maximum absolute atomic E-state index is 11.6. The highest BCUT2D eigenvalue weighted by Gasteiger charge is 2.21. The van der Waals surface area contributed by atoms with Gasteiger partial charge in [0.1, 0.15) is 6.04 Å². The molecule has 4 nitrogen and oxygen atoms in total. The van der Waals surface area contributed by atoms with E-state index in [4.69, 9.17) is 5.73 Å². The van der Waals surface area contributed by atoms with Gasteiger partial charge in [-0.15, -0.1) is 0 Å². The van der Waals surface area contributed by atoms with E-state index in [9.17, 15) is 4.79 Å². The Kier molecular flexibility index (Phi) is 2.99. The zero-order chi connectivity index (χ0) is 11.5. The standard InChI is InChI=1S/C12H17N3O/c1-8-9(13)4-2-5-10(8)15-11-6-3-7-14-12(11)16/h2,4-5,11,15H,3,6-7,13H2,1H3,(H,14,16). The molecular formula is C12H17N3O. The van der Waals surface area contributed by atoms with E-state index in [1.165, 1.54) is 0 Å². The molecule has 1 atom stereocenters. The van der Waals surface area contributed by atoms with Crippen LogP contribution in [0.2, 0.25) is 0 Å². The molecule has 1 aliphatic heterocycles. The number of piperidine rings is 1. The predicted molar refractivity (Wildman–Crippen MR) is 65.2 cm³/mol. The molecule has 1 unspecified atom stereocenters. The lowest BCUT2D eigenvalue weighted by Gasteiger charge is -2.24. The van der Waals surface area contributed by atoms with Crippen LogP contribution in [0.15, 0.2) is 18.2 Å². The fourth-order valence-corrected chi connectivity index (χ4v) is 1.91. The summed E-state index contributed by atoms with van der Waals surface area (Å²) in [6.45, 7) is 2.74. The molecule has 86 valence electrons. The molecule has 1 fully saturated rings. The van der Waals surface area contributed by atoms with Crippen LogP contribution in [0, 0.1) is 6.92 Å². The summed E-state index contributed by atoms with van der Waals surface area (Å²) in [5.74, 6) is 0.0769. The normalized spacial score (nSPS) is 20.3. The Bertz CT molecular complexity index is 403. The number of rotatable bonds is 2. The third-order valence-electron chi connectivity index (χ3n) is 2.99. The number of hydrogen-bond acceptors (Lipinski definition) is 3. The third kappa shape index (κ3) is 2.10. The monoisotopic (exact) mass is 219 g/mol. The summed E-state index contributed by atoms with van der Waals surface area (Å²) in [6.07, 6.45) is 1.89. The van der Waals surface area contributed by atoms with Gasteiger partial charge in [0.05, 0.1) is 0 Å². The molecule has 1 aliphatic rings. The molecule has 0 saturated carbocycles. The Balaban J connectivity index is 2.14. The van der Waals surface area contributed by atoms with Crippen molar-refractivity contribution < 1.29 is 4.79 Å². The van der Waals surface area contributed by atoms with Gasteiger partial charge in [0.25, 0.3) is 0 Å². The fourth-order valence-electron chi connectivity index (χ4n) is 1.91. The average molecular weight is 219 g/mol. The molecule has 4 N–H and O–H groups in total.